The molecule has 4 rings (SSSR count). The molecule has 2 aliphatic rings. The number of aromatic nitrogens is 3. The fourth-order valence-electron chi connectivity index (χ4n) is 3.99. The van der Waals surface area contributed by atoms with E-state index in [9.17, 15) is 4.79 Å². The van der Waals surface area contributed by atoms with Crippen LogP contribution in [0.2, 0.25) is 0 Å². The van der Waals surface area contributed by atoms with Gasteiger partial charge in [-0.05, 0) is 44.8 Å². The number of fused-ring (bicyclic) bond motifs is 1. The number of rotatable bonds is 2. The van der Waals surface area contributed by atoms with E-state index in [-0.39, 0.29) is 5.91 Å². The molecule has 0 aromatic carbocycles. The molecule has 24 heavy (non-hydrogen) atoms. The van der Waals surface area contributed by atoms with Crippen LogP contribution in [0, 0.1) is 0 Å². The van der Waals surface area contributed by atoms with Crippen LogP contribution in [0.4, 0.5) is 0 Å². The summed E-state index contributed by atoms with van der Waals surface area (Å²) in [5.41, 5.74) is 0.505. The summed E-state index contributed by atoms with van der Waals surface area (Å²) < 4.78 is 1.81. The van der Waals surface area contributed by atoms with Crippen LogP contribution in [0.25, 0.3) is 5.78 Å². The standard InChI is InChI=1S/C18H25N5O/c24-17(16-14-23-12-6-8-19-18(23)20-16)22-11-5-7-15(13-22)21-9-3-1-2-4-10-21/h6,8,12,14-15H,1-5,7,9-11,13H2. The molecule has 2 saturated heterocycles. The topological polar surface area (TPSA) is 53.7 Å². The first kappa shape index (κ1) is 15.6. The van der Waals surface area contributed by atoms with Gasteiger partial charge in [-0.2, -0.15) is 0 Å². The second-order valence-corrected chi connectivity index (χ2v) is 6.95. The van der Waals surface area contributed by atoms with Gasteiger partial charge in [0.2, 0.25) is 5.78 Å². The first-order valence-electron chi connectivity index (χ1n) is 9.14. The van der Waals surface area contributed by atoms with E-state index in [2.05, 4.69) is 14.9 Å². The number of hydrogen-bond donors (Lipinski definition) is 0. The zero-order valence-corrected chi connectivity index (χ0v) is 14.1. The van der Waals surface area contributed by atoms with Crippen molar-refractivity contribution in [2.24, 2.45) is 0 Å². The van der Waals surface area contributed by atoms with E-state index in [0.717, 1.165) is 19.5 Å². The largest absolute Gasteiger partial charge is 0.336 e. The molecule has 1 amide bonds. The first-order chi connectivity index (χ1) is 11.8. The van der Waals surface area contributed by atoms with Gasteiger partial charge in [0.15, 0.2) is 0 Å². The van der Waals surface area contributed by atoms with Gasteiger partial charge in [-0.1, -0.05) is 12.8 Å². The van der Waals surface area contributed by atoms with Gasteiger partial charge in [-0.15, -0.1) is 0 Å². The smallest absolute Gasteiger partial charge is 0.274 e. The molecule has 6 nitrogen and oxygen atoms in total. The van der Waals surface area contributed by atoms with Crippen LogP contribution in [0.15, 0.2) is 24.7 Å². The highest BCUT2D eigenvalue weighted by atomic mass is 16.2. The lowest BCUT2D eigenvalue weighted by Gasteiger charge is -2.38. The highest BCUT2D eigenvalue weighted by Crippen LogP contribution is 2.21. The van der Waals surface area contributed by atoms with Gasteiger partial charge in [-0.25, -0.2) is 9.97 Å². The van der Waals surface area contributed by atoms with Crippen LogP contribution in [0.1, 0.15) is 49.0 Å². The van der Waals surface area contributed by atoms with E-state index in [0.29, 0.717) is 17.5 Å². The van der Waals surface area contributed by atoms with Crippen molar-refractivity contribution in [2.75, 3.05) is 26.2 Å². The number of hydrogen-bond acceptors (Lipinski definition) is 4. The Balaban J connectivity index is 1.47. The molecular formula is C18H25N5O. The van der Waals surface area contributed by atoms with Crippen molar-refractivity contribution in [2.45, 2.75) is 44.6 Å². The summed E-state index contributed by atoms with van der Waals surface area (Å²) in [6.45, 7) is 4.04. The molecule has 0 radical (unpaired) electrons. The monoisotopic (exact) mass is 327 g/mol. The SMILES string of the molecule is O=C(c1cn2cccnc2n1)N1CCCC(N2CCCCCC2)C1. The summed E-state index contributed by atoms with van der Waals surface area (Å²) in [6.07, 6.45) is 12.9. The average Bonchev–Trinajstić information content (AvgIpc) is 2.87. The van der Waals surface area contributed by atoms with E-state index in [1.54, 1.807) is 12.4 Å². The Morgan fingerprint density at radius 1 is 1.08 bits per heavy atom. The van der Waals surface area contributed by atoms with Crippen LogP contribution >= 0.6 is 0 Å². The van der Waals surface area contributed by atoms with Crippen molar-refractivity contribution in [3.8, 4) is 0 Å². The van der Waals surface area contributed by atoms with Crippen molar-refractivity contribution in [3.63, 3.8) is 0 Å². The van der Waals surface area contributed by atoms with E-state index in [1.165, 1.54) is 45.2 Å². The second-order valence-electron chi connectivity index (χ2n) is 6.95. The van der Waals surface area contributed by atoms with Crippen LogP contribution in [0.3, 0.4) is 0 Å². The third kappa shape index (κ3) is 3.15. The minimum Gasteiger partial charge on any atom is -0.336 e. The summed E-state index contributed by atoms with van der Waals surface area (Å²) in [4.78, 5) is 26.1. The lowest BCUT2D eigenvalue weighted by atomic mass is 10.0. The van der Waals surface area contributed by atoms with Gasteiger partial charge in [0.1, 0.15) is 5.69 Å². The molecule has 4 heterocycles. The van der Waals surface area contributed by atoms with E-state index in [4.69, 9.17) is 0 Å². The molecule has 0 bridgehead atoms. The number of amides is 1. The summed E-state index contributed by atoms with van der Waals surface area (Å²) >= 11 is 0. The lowest BCUT2D eigenvalue weighted by Crippen LogP contribution is -2.50. The molecular weight excluding hydrogens is 302 g/mol. The summed E-state index contributed by atoms with van der Waals surface area (Å²) in [5.74, 6) is 0.627. The van der Waals surface area contributed by atoms with E-state index < -0.39 is 0 Å². The van der Waals surface area contributed by atoms with Gasteiger partial charge < -0.3 is 4.90 Å². The van der Waals surface area contributed by atoms with Crippen molar-refractivity contribution in [1.82, 2.24) is 24.2 Å². The van der Waals surface area contributed by atoms with Crippen molar-refractivity contribution < 1.29 is 4.79 Å². The maximum atomic E-state index is 12.9. The number of piperidine rings is 1. The molecule has 0 N–H and O–H groups in total. The third-order valence-electron chi connectivity index (χ3n) is 5.30. The summed E-state index contributed by atoms with van der Waals surface area (Å²) in [6, 6.07) is 2.36. The van der Waals surface area contributed by atoms with Crippen molar-refractivity contribution >= 4 is 11.7 Å². The zero-order valence-electron chi connectivity index (χ0n) is 14.1. The highest BCUT2D eigenvalue weighted by Gasteiger charge is 2.29. The molecule has 1 unspecified atom stereocenters. The summed E-state index contributed by atoms with van der Waals surface area (Å²) in [7, 11) is 0. The quantitative estimate of drug-likeness (QED) is 0.849. The zero-order chi connectivity index (χ0) is 16.4. The van der Waals surface area contributed by atoms with Crippen LogP contribution in [-0.4, -0.2) is 62.3 Å². The Morgan fingerprint density at radius 2 is 1.92 bits per heavy atom. The molecule has 2 fully saturated rings. The Morgan fingerprint density at radius 3 is 2.71 bits per heavy atom. The molecule has 2 aromatic heterocycles. The highest BCUT2D eigenvalue weighted by molar-refractivity contribution is 5.92. The lowest BCUT2D eigenvalue weighted by molar-refractivity contribution is 0.0574. The van der Waals surface area contributed by atoms with Crippen molar-refractivity contribution in [1.29, 1.82) is 0 Å². The molecule has 6 heteroatoms. The number of imidazole rings is 1. The van der Waals surface area contributed by atoms with Gasteiger partial charge >= 0.3 is 0 Å². The molecule has 128 valence electrons. The molecule has 1 atom stereocenters. The number of carbonyl (C=O) groups is 1. The fraction of sp³-hybridized carbons (Fsp3) is 0.611. The molecule has 2 aliphatic heterocycles. The Hall–Kier alpha value is -1.95. The minimum atomic E-state index is 0.0417. The maximum absolute atomic E-state index is 12.9. The third-order valence-corrected chi connectivity index (χ3v) is 5.30. The van der Waals surface area contributed by atoms with Gasteiger partial charge in [0.25, 0.3) is 5.91 Å². The van der Waals surface area contributed by atoms with Gasteiger partial charge in [-0.3, -0.25) is 14.1 Å². The number of likely N-dealkylation sites (tertiary alicyclic amines) is 2. The molecule has 0 aliphatic carbocycles. The van der Waals surface area contributed by atoms with Crippen LogP contribution in [0.5, 0.6) is 0 Å². The normalized spacial score (nSPS) is 23.3. The van der Waals surface area contributed by atoms with Crippen LogP contribution in [-0.2, 0) is 0 Å². The van der Waals surface area contributed by atoms with Gasteiger partial charge in [0.05, 0.1) is 0 Å². The first-order valence-corrected chi connectivity index (χ1v) is 9.14. The predicted molar refractivity (Wildman–Crippen MR) is 92.0 cm³/mol. The Bertz CT molecular complexity index is 671. The van der Waals surface area contributed by atoms with Crippen LogP contribution < -0.4 is 0 Å². The molecule has 2 aromatic rings. The minimum absolute atomic E-state index is 0.0417. The Kier molecular flexibility index (Phi) is 4.47. The second kappa shape index (κ2) is 6.89. The molecule has 0 saturated carbocycles. The van der Waals surface area contributed by atoms with E-state index in [1.807, 2.05) is 21.6 Å². The number of nitrogens with zero attached hydrogens (tertiary/aromatic N) is 5. The number of carbonyl (C=O) groups excluding carboxylic acids is 1. The average molecular weight is 327 g/mol. The predicted octanol–water partition coefficient (Wildman–Crippen LogP) is 2.21. The van der Waals surface area contributed by atoms with Gasteiger partial charge in [0, 0.05) is 37.7 Å². The molecule has 0 spiro atoms. The van der Waals surface area contributed by atoms with Crippen molar-refractivity contribution in [3.05, 3.63) is 30.4 Å². The fourth-order valence-corrected chi connectivity index (χ4v) is 3.99. The maximum Gasteiger partial charge on any atom is 0.274 e. The summed E-state index contributed by atoms with van der Waals surface area (Å²) in [5, 5.41) is 0. The Labute approximate surface area is 142 Å². The van der Waals surface area contributed by atoms with E-state index >= 15 is 0 Å².